The van der Waals surface area contributed by atoms with Crippen molar-refractivity contribution < 1.29 is 0 Å². The quantitative estimate of drug-likeness (QED) is 0.381. The SMILES string of the molecule is C=C1C=C=C(N=C(N)c2ccccc2N)C=C1C1CC1. The third kappa shape index (κ3) is 2.44. The molecule has 1 aromatic carbocycles. The van der Waals surface area contributed by atoms with E-state index in [1.54, 1.807) is 0 Å². The van der Waals surface area contributed by atoms with E-state index in [1.165, 1.54) is 18.4 Å². The molecule has 1 aromatic rings. The number of benzene rings is 1. The summed E-state index contributed by atoms with van der Waals surface area (Å²) in [7, 11) is 0. The molecule has 0 aromatic heterocycles. The van der Waals surface area contributed by atoms with Gasteiger partial charge in [0, 0.05) is 11.3 Å². The number of anilines is 1. The fraction of sp³-hybridized carbons (Fsp3) is 0.176. The lowest BCUT2D eigenvalue weighted by Crippen LogP contribution is -2.15. The normalized spacial score (nSPS) is 18.8. The number of para-hydroxylation sites is 1. The molecule has 3 nitrogen and oxygen atoms in total. The fourth-order valence-electron chi connectivity index (χ4n) is 2.29. The molecule has 0 atom stereocenters. The zero-order chi connectivity index (χ0) is 14.1. The van der Waals surface area contributed by atoms with Crippen LogP contribution in [0.4, 0.5) is 5.69 Å². The summed E-state index contributed by atoms with van der Waals surface area (Å²) < 4.78 is 0. The molecule has 0 heterocycles. The number of nitrogens with two attached hydrogens (primary N) is 2. The van der Waals surface area contributed by atoms with Gasteiger partial charge in [0.25, 0.3) is 0 Å². The Morgan fingerprint density at radius 2 is 2.05 bits per heavy atom. The molecule has 20 heavy (non-hydrogen) atoms. The van der Waals surface area contributed by atoms with Gasteiger partial charge in [-0.2, -0.15) is 0 Å². The van der Waals surface area contributed by atoms with E-state index in [4.69, 9.17) is 11.5 Å². The minimum absolute atomic E-state index is 0.415. The third-order valence-electron chi connectivity index (χ3n) is 3.55. The maximum Gasteiger partial charge on any atom is 0.134 e. The van der Waals surface area contributed by atoms with Gasteiger partial charge in [-0.15, -0.1) is 0 Å². The van der Waals surface area contributed by atoms with Gasteiger partial charge in [-0.05, 0) is 54.2 Å². The Labute approximate surface area is 118 Å². The molecule has 0 amide bonds. The van der Waals surface area contributed by atoms with Crippen LogP contribution in [0, 0.1) is 5.92 Å². The lowest BCUT2D eigenvalue weighted by molar-refractivity contribution is 1.02. The summed E-state index contributed by atoms with van der Waals surface area (Å²) in [5.74, 6) is 1.05. The van der Waals surface area contributed by atoms with Crippen molar-refractivity contribution in [3.8, 4) is 0 Å². The summed E-state index contributed by atoms with van der Waals surface area (Å²) in [5.41, 5.74) is 19.5. The van der Waals surface area contributed by atoms with Crippen molar-refractivity contribution >= 4 is 11.5 Å². The van der Waals surface area contributed by atoms with E-state index in [0.29, 0.717) is 17.4 Å². The molecule has 3 rings (SSSR count). The number of amidine groups is 1. The molecule has 0 unspecified atom stereocenters. The lowest BCUT2D eigenvalue weighted by Gasteiger charge is -2.10. The maximum absolute atomic E-state index is 6.04. The first-order valence-corrected chi connectivity index (χ1v) is 6.72. The molecular formula is C17H17N3. The van der Waals surface area contributed by atoms with Gasteiger partial charge in [-0.25, -0.2) is 4.99 Å². The van der Waals surface area contributed by atoms with Crippen LogP contribution in [0.25, 0.3) is 0 Å². The summed E-state index contributed by atoms with van der Waals surface area (Å²) in [6, 6.07) is 7.45. The minimum atomic E-state index is 0.415. The Bertz CT molecular complexity index is 697. The van der Waals surface area contributed by atoms with Crippen molar-refractivity contribution in [2.75, 3.05) is 5.73 Å². The molecule has 0 radical (unpaired) electrons. The Kier molecular flexibility index (Phi) is 3.05. The topological polar surface area (TPSA) is 64.4 Å². The fourth-order valence-corrected chi connectivity index (χ4v) is 2.29. The van der Waals surface area contributed by atoms with Gasteiger partial charge in [-0.3, -0.25) is 0 Å². The standard InChI is InChI=1S/C17H17N3/c1-11-6-9-13(10-15(11)12-7-8-12)20-17(19)14-4-2-3-5-16(14)18/h2-6,10,12H,1,7-8,18H2,(H2,19,20). The number of nitrogen functional groups attached to an aromatic ring is 1. The van der Waals surface area contributed by atoms with E-state index in [1.807, 2.05) is 36.4 Å². The Balaban J connectivity index is 1.94. The molecule has 1 saturated carbocycles. The molecule has 1 fully saturated rings. The van der Waals surface area contributed by atoms with Crippen LogP contribution in [0.2, 0.25) is 0 Å². The van der Waals surface area contributed by atoms with Crippen molar-refractivity contribution in [3.63, 3.8) is 0 Å². The van der Waals surface area contributed by atoms with Crippen LogP contribution in [0.1, 0.15) is 18.4 Å². The van der Waals surface area contributed by atoms with Crippen molar-refractivity contribution in [2.45, 2.75) is 12.8 Å². The highest BCUT2D eigenvalue weighted by atomic mass is 14.9. The van der Waals surface area contributed by atoms with Crippen LogP contribution < -0.4 is 11.5 Å². The average molecular weight is 263 g/mol. The molecule has 4 N–H and O–H groups in total. The zero-order valence-electron chi connectivity index (χ0n) is 11.3. The van der Waals surface area contributed by atoms with Gasteiger partial charge in [0.2, 0.25) is 0 Å². The molecule has 100 valence electrons. The highest BCUT2D eigenvalue weighted by Gasteiger charge is 2.27. The Morgan fingerprint density at radius 3 is 2.75 bits per heavy atom. The van der Waals surface area contributed by atoms with E-state index in [-0.39, 0.29) is 0 Å². The van der Waals surface area contributed by atoms with Crippen molar-refractivity contribution in [3.05, 3.63) is 71.1 Å². The minimum Gasteiger partial charge on any atom is -0.398 e. The van der Waals surface area contributed by atoms with Crippen LogP contribution in [-0.4, -0.2) is 5.84 Å². The maximum atomic E-state index is 6.04. The molecule has 0 saturated heterocycles. The monoisotopic (exact) mass is 263 g/mol. The number of nitrogens with zero attached hydrogens (tertiary/aromatic N) is 1. The molecule has 3 heteroatoms. The predicted octanol–water partition coefficient (Wildman–Crippen LogP) is 2.92. The second kappa shape index (κ2) is 4.87. The third-order valence-corrected chi connectivity index (χ3v) is 3.55. The summed E-state index contributed by atoms with van der Waals surface area (Å²) in [4.78, 5) is 4.43. The average Bonchev–Trinajstić information content (AvgIpc) is 3.26. The van der Waals surface area contributed by atoms with Crippen molar-refractivity contribution in [1.82, 2.24) is 0 Å². The van der Waals surface area contributed by atoms with Gasteiger partial charge < -0.3 is 11.5 Å². The second-order valence-electron chi connectivity index (χ2n) is 5.16. The number of hydrogen-bond donors (Lipinski definition) is 2. The van der Waals surface area contributed by atoms with E-state index in [2.05, 4.69) is 17.3 Å². The highest BCUT2D eigenvalue weighted by molar-refractivity contribution is 6.02. The van der Waals surface area contributed by atoms with Gasteiger partial charge in [0.05, 0.1) is 0 Å². The van der Waals surface area contributed by atoms with E-state index in [0.717, 1.165) is 16.8 Å². The van der Waals surface area contributed by atoms with Gasteiger partial charge in [0.1, 0.15) is 11.5 Å². The smallest absolute Gasteiger partial charge is 0.134 e. The van der Waals surface area contributed by atoms with E-state index < -0.39 is 0 Å². The summed E-state index contributed by atoms with van der Waals surface area (Å²) in [6.07, 6.45) is 6.38. The van der Waals surface area contributed by atoms with Crippen LogP contribution >= 0.6 is 0 Å². The molecular weight excluding hydrogens is 246 g/mol. The van der Waals surface area contributed by atoms with Crippen LogP contribution in [-0.2, 0) is 0 Å². The second-order valence-corrected chi connectivity index (χ2v) is 5.16. The molecule has 0 spiro atoms. The number of hydrogen-bond acceptors (Lipinski definition) is 2. The first-order valence-electron chi connectivity index (χ1n) is 6.72. The molecule has 0 aliphatic heterocycles. The first-order chi connectivity index (χ1) is 9.65. The Morgan fingerprint density at radius 1 is 1.30 bits per heavy atom. The zero-order valence-corrected chi connectivity index (χ0v) is 11.3. The highest BCUT2D eigenvalue weighted by Crippen LogP contribution is 2.41. The van der Waals surface area contributed by atoms with Crippen molar-refractivity contribution in [2.24, 2.45) is 16.6 Å². The van der Waals surface area contributed by atoms with Gasteiger partial charge in [-0.1, -0.05) is 24.4 Å². The summed E-state index contributed by atoms with van der Waals surface area (Å²) >= 11 is 0. The summed E-state index contributed by atoms with van der Waals surface area (Å²) in [6.45, 7) is 4.04. The number of allylic oxidation sites excluding steroid dienone is 3. The molecule has 2 aliphatic carbocycles. The Hall–Kier alpha value is -2.51. The molecule has 2 aliphatic rings. The van der Waals surface area contributed by atoms with E-state index >= 15 is 0 Å². The van der Waals surface area contributed by atoms with Gasteiger partial charge in [0.15, 0.2) is 0 Å². The van der Waals surface area contributed by atoms with Crippen LogP contribution in [0.15, 0.2) is 70.6 Å². The van der Waals surface area contributed by atoms with Crippen molar-refractivity contribution in [1.29, 1.82) is 0 Å². The largest absolute Gasteiger partial charge is 0.398 e. The number of aliphatic imine (C=N–C) groups is 1. The summed E-state index contributed by atoms with van der Waals surface area (Å²) in [5, 5.41) is 0. The first kappa shape index (κ1) is 12.5. The van der Waals surface area contributed by atoms with E-state index in [9.17, 15) is 0 Å². The van der Waals surface area contributed by atoms with Crippen LogP contribution in [0.5, 0.6) is 0 Å². The number of rotatable bonds is 3. The molecule has 0 bridgehead atoms. The lowest BCUT2D eigenvalue weighted by atomic mass is 9.99. The van der Waals surface area contributed by atoms with Gasteiger partial charge >= 0.3 is 0 Å². The predicted molar refractivity (Wildman–Crippen MR) is 83.1 cm³/mol. The van der Waals surface area contributed by atoms with Crippen LogP contribution in [0.3, 0.4) is 0 Å².